The lowest BCUT2D eigenvalue weighted by molar-refractivity contribution is -0.139. The van der Waals surface area contributed by atoms with Gasteiger partial charge in [0.15, 0.2) is 0 Å². The van der Waals surface area contributed by atoms with Crippen LogP contribution < -0.4 is 5.32 Å². The molecule has 1 N–H and O–H groups in total. The van der Waals surface area contributed by atoms with Crippen molar-refractivity contribution in [1.82, 2.24) is 10.2 Å². The lowest BCUT2D eigenvalue weighted by Gasteiger charge is -2.38. The van der Waals surface area contributed by atoms with Gasteiger partial charge in [0.05, 0.1) is 7.11 Å². The largest absolute Gasteiger partial charge is 0.468 e. The Balaban J connectivity index is 2.24. The van der Waals surface area contributed by atoms with Crippen LogP contribution in [0.4, 0.5) is 0 Å². The van der Waals surface area contributed by atoms with E-state index < -0.39 is 0 Å². The third-order valence-electron chi connectivity index (χ3n) is 3.53. The van der Waals surface area contributed by atoms with Crippen molar-refractivity contribution < 1.29 is 9.53 Å². The number of likely N-dealkylation sites (tertiary alicyclic amines) is 1. The van der Waals surface area contributed by atoms with E-state index in [4.69, 9.17) is 0 Å². The predicted molar refractivity (Wildman–Crippen MR) is 72.4 cm³/mol. The molecule has 0 spiro atoms. The number of carbonyl (C=O) groups is 1. The summed E-state index contributed by atoms with van der Waals surface area (Å²) in [5, 5.41) is 3.36. The van der Waals surface area contributed by atoms with Crippen molar-refractivity contribution in [3.63, 3.8) is 0 Å². The van der Waals surface area contributed by atoms with Gasteiger partial charge in [-0.25, -0.2) is 0 Å². The van der Waals surface area contributed by atoms with Gasteiger partial charge < -0.3 is 15.0 Å². The van der Waals surface area contributed by atoms with Crippen LogP contribution in [0, 0.1) is 5.41 Å². The molecule has 0 radical (unpaired) electrons. The summed E-state index contributed by atoms with van der Waals surface area (Å²) >= 11 is 3.31. The smallest absolute Gasteiger partial charge is 0.320 e. The number of rotatable bonds is 5. The summed E-state index contributed by atoms with van der Waals surface area (Å²) in [5.74, 6) is -0.217. The molecule has 1 heterocycles. The second-order valence-corrected chi connectivity index (χ2v) is 6.34. The first kappa shape index (κ1) is 14.9. The summed E-state index contributed by atoms with van der Waals surface area (Å²) < 4.78 is 4.66. The number of methoxy groups -OCH3 is 1. The number of nitrogens with zero attached hydrogens (tertiary/aromatic N) is 1. The molecule has 0 aliphatic carbocycles. The zero-order chi connectivity index (χ0) is 12.9. The molecule has 17 heavy (non-hydrogen) atoms. The number of halogens is 1. The highest BCUT2D eigenvalue weighted by Gasteiger charge is 2.28. The van der Waals surface area contributed by atoms with Crippen molar-refractivity contribution >= 4 is 21.9 Å². The molecule has 5 heteroatoms. The minimum atomic E-state index is -0.248. The zero-order valence-corrected chi connectivity index (χ0v) is 12.5. The van der Waals surface area contributed by atoms with Crippen LogP contribution in [0.2, 0.25) is 0 Å². The lowest BCUT2D eigenvalue weighted by atomic mass is 9.80. The van der Waals surface area contributed by atoms with Crippen LogP contribution in [0.1, 0.15) is 19.8 Å². The molecule has 0 saturated carbocycles. The first-order valence-electron chi connectivity index (χ1n) is 6.08. The molecule has 0 bridgehead atoms. The van der Waals surface area contributed by atoms with Gasteiger partial charge in [-0.05, 0) is 38.4 Å². The summed E-state index contributed by atoms with van der Waals surface area (Å²) in [6, 6.07) is 0. The topological polar surface area (TPSA) is 41.6 Å². The average Bonchev–Trinajstić information content (AvgIpc) is 2.32. The third kappa shape index (κ3) is 4.94. The molecule has 0 aromatic rings. The SMILES string of the molecule is COC(=O)C(Br)CNCC1(C)CCN(C)CC1. The molecule has 1 aliphatic heterocycles. The van der Waals surface area contributed by atoms with Crippen molar-refractivity contribution in [3.8, 4) is 0 Å². The average molecular weight is 307 g/mol. The van der Waals surface area contributed by atoms with Crippen LogP contribution in [0.5, 0.6) is 0 Å². The Bertz CT molecular complexity index is 253. The highest BCUT2D eigenvalue weighted by molar-refractivity contribution is 9.10. The van der Waals surface area contributed by atoms with Crippen molar-refractivity contribution in [2.45, 2.75) is 24.6 Å². The molecular weight excluding hydrogens is 284 g/mol. The van der Waals surface area contributed by atoms with Crippen molar-refractivity contribution in [3.05, 3.63) is 0 Å². The van der Waals surface area contributed by atoms with Gasteiger partial charge in [-0.2, -0.15) is 0 Å². The van der Waals surface area contributed by atoms with Gasteiger partial charge in [0, 0.05) is 13.1 Å². The number of piperidine rings is 1. The van der Waals surface area contributed by atoms with Gasteiger partial charge in [-0.1, -0.05) is 22.9 Å². The minimum absolute atomic E-state index is 0.217. The summed E-state index contributed by atoms with van der Waals surface area (Å²) in [6.45, 7) is 6.21. The quantitative estimate of drug-likeness (QED) is 0.613. The molecule has 1 unspecified atom stereocenters. The van der Waals surface area contributed by atoms with Gasteiger partial charge in [-0.3, -0.25) is 4.79 Å². The summed E-state index contributed by atoms with van der Waals surface area (Å²) in [4.78, 5) is 13.3. The monoisotopic (exact) mass is 306 g/mol. The molecule has 0 aromatic heterocycles. The molecule has 4 nitrogen and oxygen atoms in total. The van der Waals surface area contributed by atoms with Gasteiger partial charge in [0.25, 0.3) is 0 Å². The Labute approximate surface area is 112 Å². The Hall–Kier alpha value is -0.130. The highest BCUT2D eigenvalue weighted by Crippen LogP contribution is 2.29. The standard InChI is InChI=1S/C12H23BrN2O2/c1-12(4-6-15(2)7-5-12)9-14-8-10(13)11(16)17-3/h10,14H,4-9H2,1-3H3. The number of hydrogen-bond donors (Lipinski definition) is 1. The number of esters is 1. The number of hydrogen-bond acceptors (Lipinski definition) is 4. The van der Waals surface area contributed by atoms with E-state index in [1.807, 2.05) is 0 Å². The number of nitrogens with one attached hydrogen (secondary N) is 1. The predicted octanol–water partition coefficient (Wildman–Crippen LogP) is 1.24. The molecule has 0 amide bonds. The van der Waals surface area contributed by atoms with E-state index in [0.29, 0.717) is 12.0 Å². The van der Waals surface area contributed by atoms with E-state index in [2.05, 4.69) is 44.9 Å². The highest BCUT2D eigenvalue weighted by atomic mass is 79.9. The van der Waals surface area contributed by atoms with Gasteiger partial charge in [-0.15, -0.1) is 0 Å². The third-order valence-corrected chi connectivity index (χ3v) is 4.22. The normalized spacial score (nSPS) is 22.1. The van der Waals surface area contributed by atoms with Crippen molar-refractivity contribution in [2.75, 3.05) is 40.3 Å². The molecule has 1 aliphatic rings. The maximum Gasteiger partial charge on any atom is 0.320 e. The van der Waals surface area contributed by atoms with Gasteiger partial charge >= 0.3 is 5.97 Å². The van der Waals surface area contributed by atoms with Crippen molar-refractivity contribution in [2.24, 2.45) is 5.41 Å². The molecule has 1 atom stereocenters. The first-order valence-corrected chi connectivity index (χ1v) is 6.99. The second-order valence-electron chi connectivity index (χ2n) is 5.24. The van der Waals surface area contributed by atoms with E-state index in [1.165, 1.54) is 20.0 Å². The van der Waals surface area contributed by atoms with E-state index in [0.717, 1.165) is 19.6 Å². The van der Waals surface area contributed by atoms with E-state index in [9.17, 15) is 4.79 Å². The molecular formula is C12H23BrN2O2. The lowest BCUT2D eigenvalue weighted by Crippen LogP contribution is -2.43. The molecule has 1 rings (SSSR count). The van der Waals surface area contributed by atoms with Crippen LogP contribution in [0.15, 0.2) is 0 Å². The Morgan fingerprint density at radius 2 is 2.12 bits per heavy atom. The number of ether oxygens (including phenoxy) is 1. The van der Waals surface area contributed by atoms with Gasteiger partial charge in [0.1, 0.15) is 4.83 Å². The van der Waals surface area contributed by atoms with Crippen molar-refractivity contribution in [1.29, 1.82) is 0 Å². The molecule has 1 saturated heterocycles. The van der Waals surface area contributed by atoms with Crippen LogP contribution >= 0.6 is 15.9 Å². The van der Waals surface area contributed by atoms with E-state index in [1.54, 1.807) is 0 Å². The number of alkyl halides is 1. The maximum atomic E-state index is 11.2. The molecule has 100 valence electrons. The minimum Gasteiger partial charge on any atom is -0.468 e. The first-order chi connectivity index (χ1) is 7.97. The fraction of sp³-hybridized carbons (Fsp3) is 0.917. The second kappa shape index (κ2) is 6.71. The van der Waals surface area contributed by atoms with Gasteiger partial charge in [0.2, 0.25) is 0 Å². The van der Waals surface area contributed by atoms with Crippen LogP contribution in [-0.4, -0.2) is 56.0 Å². The maximum absolute atomic E-state index is 11.2. The summed E-state index contributed by atoms with van der Waals surface area (Å²) in [6.07, 6.45) is 2.42. The molecule has 0 aromatic carbocycles. The Morgan fingerprint density at radius 1 is 1.53 bits per heavy atom. The Kier molecular flexibility index (Phi) is 5.89. The molecule has 1 fully saturated rings. The fourth-order valence-electron chi connectivity index (χ4n) is 2.05. The Morgan fingerprint density at radius 3 is 2.65 bits per heavy atom. The van der Waals surface area contributed by atoms with Crippen LogP contribution in [0.3, 0.4) is 0 Å². The van der Waals surface area contributed by atoms with E-state index in [-0.39, 0.29) is 10.8 Å². The number of carbonyl (C=O) groups excluding carboxylic acids is 1. The van der Waals surface area contributed by atoms with Crippen LogP contribution in [0.25, 0.3) is 0 Å². The summed E-state index contributed by atoms with van der Waals surface area (Å²) in [7, 11) is 3.58. The zero-order valence-electron chi connectivity index (χ0n) is 11.0. The van der Waals surface area contributed by atoms with E-state index >= 15 is 0 Å². The summed E-state index contributed by atoms with van der Waals surface area (Å²) in [5.41, 5.74) is 0.356. The fourth-order valence-corrected chi connectivity index (χ4v) is 2.46. The van der Waals surface area contributed by atoms with Crippen LogP contribution in [-0.2, 0) is 9.53 Å².